The molecule has 0 aliphatic heterocycles. The Morgan fingerprint density at radius 2 is 1.53 bits per heavy atom. The molecule has 0 unspecified atom stereocenters. The predicted molar refractivity (Wildman–Crippen MR) is 175 cm³/mol. The lowest BCUT2D eigenvalue weighted by Crippen LogP contribution is -2.06. The van der Waals surface area contributed by atoms with Crippen LogP contribution in [0.2, 0.25) is 0 Å². The van der Waals surface area contributed by atoms with Crippen molar-refractivity contribution in [2.75, 3.05) is 13.2 Å². The Labute approximate surface area is 253 Å². The van der Waals surface area contributed by atoms with Gasteiger partial charge in [0.1, 0.15) is 5.75 Å². The molecule has 0 fully saturated rings. The van der Waals surface area contributed by atoms with Crippen molar-refractivity contribution < 1.29 is 14.3 Å². The Bertz CT molecular complexity index is 1860. The average molecular weight is 566 g/mol. The van der Waals surface area contributed by atoms with Gasteiger partial charge in [0.25, 0.3) is 0 Å². The van der Waals surface area contributed by atoms with E-state index in [1.165, 1.54) is 24.8 Å². The van der Waals surface area contributed by atoms with E-state index >= 15 is 0 Å². The van der Waals surface area contributed by atoms with Crippen LogP contribution in [0.5, 0.6) is 5.75 Å². The molecule has 1 aromatic heterocycles. The molecule has 0 bridgehead atoms. The highest BCUT2D eigenvalue weighted by Crippen LogP contribution is 2.24. The number of aryl methyl sites for hydroxylation is 1. The van der Waals surface area contributed by atoms with Crippen molar-refractivity contribution in [3.8, 4) is 29.4 Å². The van der Waals surface area contributed by atoms with Gasteiger partial charge in [-0.3, -0.25) is 0 Å². The number of esters is 1. The quantitative estimate of drug-likeness (QED) is 0.0801. The van der Waals surface area contributed by atoms with Crippen LogP contribution in [-0.2, 0) is 16.0 Å². The number of aromatic nitrogens is 1. The molecule has 0 amide bonds. The zero-order valence-electron chi connectivity index (χ0n) is 24.5. The van der Waals surface area contributed by atoms with Crippen LogP contribution in [0.15, 0.2) is 97.7 Å². The van der Waals surface area contributed by atoms with Gasteiger partial charge in [0.05, 0.1) is 18.7 Å². The fourth-order valence-corrected chi connectivity index (χ4v) is 4.85. The molecular formula is C39H35NO3. The minimum absolute atomic E-state index is 0.305. The maximum Gasteiger partial charge on any atom is 0.330 e. The van der Waals surface area contributed by atoms with Crippen molar-refractivity contribution in [3.05, 3.63) is 126 Å². The number of nitrogens with one attached hydrogen (secondary N) is 1. The summed E-state index contributed by atoms with van der Waals surface area (Å²) in [6.45, 7) is 6.39. The summed E-state index contributed by atoms with van der Waals surface area (Å²) in [5.74, 6) is 13.7. The Hall–Kier alpha value is -5.19. The Balaban J connectivity index is 1.25. The van der Waals surface area contributed by atoms with Crippen molar-refractivity contribution in [1.29, 1.82) is 0 Å². The van der Waals surface area contributed by atoms with E-state index in [-0.39, 0.29) is 0 Å². The van der Waals surface area contributed by atoms with Crippen molar-refractivity contribution in [1.82, 2.24) is 4.98 Å². The van der Waals surface area contributed by atoms with Crippen molar-refractivity contribution in [2.24, 2.45) is 0 Å². The second-order valence-corrected chi connectivity index (χ2v) is 10.4. The Morgan fingerprint density at radius 1 is 0.791 bits per heavy atom. The number of rotatable bonds is 10. The van der Waals surface area contributed by atoms with Gasteiger partial charge in [0.15, 0.2) is 0 Å². The van der Waals surface area contributed by atoms with Crippen LogP contribution < -0.4 is 4.74 Å². The monoisotopic (exact) mass is 565 g/mol. The molecule has 0 spiro atoms. The SMILES string of the molecule is C=CC(=O)OCCCOc1ccc2cc(C#Cc3ccc(C#Cc4ccc(CCCCC)cc4)c4[nH]ccc34)ccc2c1. The van der Waals surface area contributed by atoms with Crippen LogP contribution in [0.25, 0.3) is 21.7 Å². The first kappa shape index (κ1) is 29.3. The highest BCUT2D eigenvalue weighted by Gasteiger charge is 2.05. The summed E-state index contributed by atoms with van der Waals surface area (Å²) in [5, 5.41) is 3.22. The number of fused-ring (bicyclic) bond motifs is 2. The molecule has 0 radical (unpaired) electrons. The molecule has 5 rings (SSSR count). The highest BCUT2D eigenvalue weighted by atomic mass is 16.5. The third-order valence-corrected chi connectivity index (χ3v) is 7.21. The molecule has 1 N–H and O–H groups in total. The first-order valence-electron chi connectivity index (χ1n) is 14.8. The summed E-state index contributed by atoms with van der Waals surface area (Å²) >= 11 is 0. The summed E-state index contributed by atoms with van der Waals surface area (Å²) in [6, 6.07) is 26.9. The van der Waals surface area contributed by atoms with E-state index in [1.54, 1.807) is 0 Å². The maximum atomic E-state index is 11.1. The van der Waals surface area contributed by atoms with Gasteiger partial charge in [-0.25, -0.2) is 4.79 Å². The molecular weight excluding hydrogens is 530 g/mol. The number of ether oxygens (including phenoxy) is 2. The van der Waals surface area contributed by atoms with Gasteiger partial charge in [0.2, 0.25) is 0 Å². The largest absolute Gasteiger partial charge is 0.493 e. The predicted octanol–water partition coefficient (Wildman–Crippen LogP) is 8.35. The smallest absolute Gasteiger partial charge is 0.330 e. The first-order chi connectivity index (χ1) is 21.1. The third kappa shape index (κ3) is 7.97. The Morgan fingerprint density at radius 3 is 2.37 bits per heavy atom. The minimum Gasteiger partial charge on any atom is -0.493 e. The summed E-state index contributed by atoms with van der Waals surface area (Å²) in [4.78, 5) is 14.5. The van der Waals surface area contributed by atoms with Crippen LogP contribution in [0.4, 0.5) is 0 Å². The molecule has 1 heterocycles. The molecule has 214 valence electrons. The summed E-state index contributed by atoms with van der Waals surface area (Å²) in [5.41, 5.74) is 6.25. The molecule has 0 aliphatic carbocycles. The molecule has 4 heteroatoms. The highest BCUT2D eigenvalue weighted by molar-refractivity contribution is 5.91. The summed E-state index contributed by atoms with van der Waals surface area (Å²) < 4.78 is 10.8. The molecule has 4 nitrogen and oxygen atoms in total. The average Bonchev–Trinajstić information content (AvgIpc) is 3.54. The van der Waals surface area contributed by atoms with Gasteiger partial charge < -0.3 is 14.5 Å². The number of hydrogen-bond donors (Lipinski definition) is 1. The number of unbranched alkanes of at least 4 members (excludes halogenated alkanes) is 2. The maximum absolute atomic E-state index is 11.1. The lowest BCUT2D eigenvalue weighted by atomic mass is 10.0. The number of benzene rings is 4. The molecule has 4 aromatic carbocycles. The van der Waals surface area contributed by atoms with E-state index in [0.717, 1.165) is 62.2 Å². The van der Waals surface area contributed by atoms with Gasteiger partial charge in [0, 0.05) is 46.3 Å². The van der Waals surface area contributed by atoms with E-state index in [2.05, 4.69) is 84.6 Å². The number of carbonyl (C=O) groups is 1. The number of H-pyrrole nitrogens is 1. The summed E-state index contributed by atoms with van der Waals surface area (Å²) in [6.07, 6.45) is 8.58. The normalized spacial score (nSPS) is 10.4. The van der Waals surface area contributed by atoms with Crippen LogP contribution in [0.1, 0.15) is 60.4 Å². The van der Waals surface area contributed by atoms with Crippen molar-refractivity contribution in [2.45, 2.75) is 39.0 Å². The summed E-state index contributed by atoms with van der Waals surface area (Å²) in [7, 11) is 0. The van der Waals surface area contributed by atoms with Crippen LogP contribution in [0.3, 0.4) is 0 Å². The molecule has 0 atom stereocenters. The van der Waals surface area contributed by atoms with Crippen molar-refractivity contribution >= 4 is 27.6 Å². The molecule has 5 aromatic rings. The fourth-order valence-electron chi connectivity index (χ4n) is 4.85. The van der Waals surface area contributed by atoms with Gasteiger partial charge in [-0.15, -0.1) is 0 Å². The van der Waals surface area contributed by atoms with Gasteiger partial charge in [-0.1, -0.05) is 74.3 Å². The zero-order chi connectivity index (χ0) is 29.9. The molecule has 0 aliphatic rings. The van der Waals surface area contributed by atoms with Crippen LogP contribution in [0, 0.1) is 23.7 Å². The molecule has 0 saturated heterocycles. The van der Waals surface area contributed by atoms with Gasteiger partial charge >= 0.3 is 5.97 Å². The molecule has 43 heavy (non-hydrogen) atoms. The Kier molecular flexibility index (Phi) is 9.97. The van der Waals surface area contributed by atoms with Crippen LogP contribution >= 0.6 is 0 Å². The lowest BCUT2D eigenvalue weighted by molar-refractivity contribution is -0.137. The molecule has 0 saturated carbocycles. The fraction of sp³-hybridized carbons (Fsp3) is 0.205. The number of aromatic amines is 1. The topological polar surface area (TPSA) is 51.3 Å². The number of hydrogen-bond acceptors (Lipinski definition) is 3. The van der Waals surface area contributed by atoms with E-state index in [0.29, 0.717) is 19.6 Å². The van der Waals surface area contributed by atoms with Crippen molar-refractivity contribution in [3.63, 3.8) is 0 Å². The standard InChI is InChI=1S/C39H35NO3/c1-3-5-6-8-29-9-11-30(12-10-29)13-17-33-20-19-32(37-23-24-40-39(33)37)16-14-31-15-18-35-28-36(22-21-34(35)27-31)42-25-7-26-43-38(41)4-2/h4,9-12,15,18-24,27-28,40H,2-3,5-8,25-26H2,1H3. The van der Waals surface area contributed by atoms with E-state index in [9.17, 15) is 4.79 Å². The van der Waals surface area contributed by atoms with E-state index in [4.69, 9.17) is 9.47 Å². The third-order valence-electron chi connectivity index (χ3n) is 7.21. The van der Waals surface area contributed by atoms with Gasteiger partial charge in [-0.2, -0.15) is 0 Å². The van der Waals surface area contributed by atoms with Crippen LogP contribution in [-0.4, -0.2) is 24.2 Å². The second kappa shape index (κ2) is 14.6. The van der Waals surface area contributed by atoms with E-state index in [1.807, 2.05) is 42.6 Å². The lowest BCUT2D eigenvalue weighted by Gasteiger charge is -2.08. The zero-order valence-corrected chi connectivity index (χ0v) is 24.5. The van der Waals surface area contributed by atoms with Gasteiger partial charge in [-0.05, 0) is 83.8 Å². The first-order valence-corrected chi connectivity index (χ1v) is 14.8. The number of carbonyl (C=O) groups excluding carboxylic acids is 1. The minimum atomic E-state index is -0.418. The van der Waals surface area contributed by atoms with E-state index < -0.39 is 5.97 Å². The second-order valence-electron chi connectivity index (χ2n) is 10.4.